The molecule has 84 valence electrons. The Balaban J connectivity index is 1.93. The van der Waals surface area contributed by atoms with Gasteiger partial charge in [-0.2, -0.15) is 0 Å². The van der Waals surface area contributed by atoms with Gasteiger partial charge in [-0.25, -0.2) is 0 Å². The van der Waals surface area contributed by atoms with Gasteiger partial charge in [0.1, 0.15) is 0 Å². The second-order valence-corrected chi connectivity index (χ2v) is 4.60. The minimum atomic E-state index is 0.277. The standard InChI is InChI=1S/C11H12ClN3S/c1-8(9-2-4-10(12)5-3-9)13-6-11-7-16-15-14-11/h2-5,7-8,13H,6H2,1H3/t8-/m0/s1. The molecule has 2 rings (SSSR count). The molecule has 0 fully saturated rings. The van der Waals surface area contributed by atoms with Crippen LogP contribution in [0.5, 0.6) is 0 Å². The third-order valence-electron chi connectivity index (χ3n) is 2.36. The predicted molar refractivity (Wildman–Crippen MR) is 66.6 cm³/mol. The molecular weight excluding hydrogens is 242 g/mol. The first kappa shape index (κ1) is 11.5. The highest BCUT2D eigenvalue weighted by molar-refractivity contribution is 7.03. The fourth-order valence-electron chi connectivity index (χ4n) is 1.39. The van der Waals surface area contributed by atoms with Crippen molar-refractivity contribution in [2.45, 2.75) is 19.5 Å². The van der Waals surface area contributed by atoms with Crippen LogP contribution in [0.2, 0.25) is 5.02 Å². The average molecular weight is 254 g/mol. The molecule has 0 aliphatic rings. The maximum atomic E-state index is 5.84. The summed E-state index contributed by atoms with van der Waals surface area (Å²) in [6, 6.07) is 8.14. The highest BCUT2D eigenvalue weighted by Gasteiger charge is 2.05. The Morgan fingerprint density at radius 1 is 1.38 bits per heavy atom. The van der Waals surface area contributed by atoms with Crippen LogP contribution in [0.3, 0.4) is 0 Å². The molecule has 1 aromatic heterocycles. The molecule has 0 amide bonds. The van der Waals surface area contributed by atoms with Crippen LogP contribution in [0.15, 0.2) is 29.6 Å². The number of rotatable bonds is 4. The summed E-state index contributed by atoms with van der Waals surface area (Å²) in [5.74, 6) is 0. The van der Waals surface area contributed by atoms with Gasteiger partial charge in [-0.1, -0.05) is 28.2 Å². The van der Waals surface area contributed by atoms with Crippen LogP contribution in [0.25, 0.3) is 0 Å². The summed E-state index contributed by atoms with van der Waals surface area (Å²) in [5.41, 5.74) is 2.19. The first-order valence-electron chi connectivity index (χ1n) is 5.00. The van der Waals surface area contributed by atoms with E-state index >= 15 is 0 Å². The smallest absolute Gasteiger partial charge is 0.0893 e. The first-order chi connectivity index (χ1) is 7.75. The van der Waals surface area contributed by atoms with Crippen LogP contribution in [-0.2, 0) is 6.54 Å². The summed E-state index contributed by atoms with van der Waals surface area (Å²) in [4.78, 5) is 0. The summed E-state index contributed by atoms with van der Waals surface area (Å²) >= 11 is 7.21. The van der Waals surface area contributed by atoms with Crippen molar-refractivity contribution < 1.29 is 0 Å². The molecule has 3 nitrogen and oxygen atoms in total. The highest BCUT2D eigenvalue weighted by Crippen LogP contribution is 2.16. The summed E-state index contributed by atoms with van der Waals surface area (Å²) < 4.78 is 3.82. The van der Waals surface area contributed by atoms with Crippen molar-refractivity contribution in [2.24, 2.45) is 0 Å². The van der Waals surface area contributed by atoms with Crippen molar-refractivity contribution >= 4 is 23.1 Å². The minimum Gasteiger partial charge on any atom is -0.304 e. The SMILES string of the molecule is C[C@H](NCc1csnn1)c1ccc(Cl)cc1. The monoisotopic (exact) mass is 253 g/mol. The van der Waals surface area contributed by atoms with Gasteiger partial charge >= 0.3 is 0 Å². The largest absolute Gasteiger partial charge is 0.304 e. The Morgan fingerprint density at radius 3 is 2.75 bits per heavy atom. The number of hydrogen-bond donors (Lipinski definition) is 1. The number of nitrogens with one attached hydrogen (secondary N) is 1. The second kappa shape index (κ2) is 5.39. The zero-order chi connectivity index (χ0) is 11.4. The molecule has 0 aliphatic carbocycles. The van der Waals surface area contributed by atoms with E-state index in [1.54, 1.807) is 0 Å². The Bertz CT molecular complexity index is 427. The molecule has 5 heteroatoms. The zero-order valence-electron chi connectivity index (χ0n) is 8.85. The molecule has 1 atom stereocenters. The van der Waals surface area contributed by atoms with E-state index in [4.69, 9.17) is 11.6 Å². The van der Waals surface area contributed by atoms with Crippen LogP contribution < -0.4 is 5.32 Å². The van der Waals surface area contributed by atoms with Crippen molar-refractivity contribution in [2.75, 3.05) is 0 Å². The van der Waals surface area contributed by atoms with E-state index in [0.29, 0.717) is 0 Å². The molecule has 0 radical (unpaired) electrons. The van der Waals surface area contributed by atoms with Gasteiger partial charge < -0.3 is 5.32 Å². The molecule has 1 aromatic carbocycles. The van der Waals surface area contributed by atoms with Crippen LogP contribution in [0.4, 0.5) is 0 Å². The van der Waals surface area contributed by atoms with Crippen LogP contribution in [0.1, 0.15) is 24.2 Å². The quantitative estimate of drug-likeness (QED) is 0.910. The van der Waals surface area contributed by atoms with Gasteiger partial charge in [-0.3, -0.25) is 0 Å². The first-order valence-corrected chi connectivity index (χ1v) is 6.22. The van der Waals surface area contributed by atoms with Crippen LogP contribution in [0, 0.1) is 0 Å². The molecule has 0 spiro atoms. The number of benzene rings is 1. The zero-order valence-corrected chi connectivity index (χ0v) is 10.4. The summed E-state index contributed by atoms with van der Waals surface area (Å²) in [6.45, 7) is 2.85. The van der Waals surface area contributed by atoms with Gasteiger partial charge in [-0.05, 0) is 36.2 Å². The molecule has 16 heavy (non-hydrogen) atoms. The Morgan fingerprint density at radius 2 is 2.12 bits per heavy atom. The van der Waals surface area contributed by atoms with E-state index in [0.717, 1.165) is 17.3 Å². The molecule has 0 saturated heterocycles. The van der Waals surface area contributed by atoms with Crippen molar-refractivity contribution in [3.05, 3.63) is 45.9 Å². The van der Waals surface area contributed by atoms with Gasteiger partial charge in [0, 0.05) is 23.0 Å². The fraction of sp³-hybridized carbons (Fsp3) is 0.273. The van der Waals surface area contributed by atoms with Gasteiger partial charge in [0.15, 0.2) is 0 Å². The van der Waals surface area contributed by atoms with E-state index in [9.17, 15) is 0 Å². The third-order valence-corrected chi connectivity index (χ3v) is 3.17. The molecule has 2 aromatic rings. The molecule has 1 N–H and O–H groups in total. The number of aromatic nitrogens is 2. The van der Waals surface area contributed by atoms with Crippen molar-refractivity contribution in [3.8, 4) is 0 Å². The number of nitrogens with zero attached hydrogens (tertiary/aromatic N) is 2. The summed E-state index contributed by atoms with van der Waals surface area (Å²) in [7, 11) is 0. The Hall–Kier alpha value is -0.970. The lowest BCUT2D eigenvalue weighted by Gasteiger charge is -2.13. The minimum absolute atomic E-state index is 0.277. The molecule has 0 unspecified atom stereocenters. The molecule has 1 heterocycles. The predicted octanol–water partition coefficient (Wildman–Crippen LogP) is 3.04. The molecule has 0 bridgehead atoms. The lowest BCUT2D eigenvalue weighted by molar-refractivity contribution is 0.567. The third kappa shape index (κ3) is 3.01. The molecule has 0 aliphatic heterocycles. The highest BCUT2D eigenvalue weighted by atomic mass is 35.5. The fourth-order valence-corrected chi connectivity index (χ4v) is 1.97. The molecule has 0 saturated carbocycles. The normalized spacial score (nSPS) is 12.6. The lowest BCUT2D eigenvalue weighted by atomic mass is 10.1. The van der Waals surface area contributed by atoms with Crippen LogP contribution >= 0.6 is 23.1 Å². The summed E-state index contributed by atoms with van der Waals surface area (Å²) in [6.07, 6.45) is 0. The Kier molecular flexibility index (Phi) is 3.88. The van der Waals surface area contributed by atoms with Gasteiger partial charge in [0.25, 0.3) is 0 Å². The summed E-state index contributed by atoms with van der Waals surface area (Å²) in [5, 5.41) is 10.1. The van der Waals surface area contributed by atoms with Gasteiger partial charge in [-0.15, -0.1) is 5.10 Å². The maximum Gasteiger partial charge on any atom is 0.0893 e. The topological polar surface area (TPSA) is 37.8 Å². The van der Waals surface area contributed by atoms with Gasteiger partial charge in [0.05, 0.1) is 5.69 Å². The maximum absolute atomic E-state index is 5.84. The van der Waals surface area contributed by atoms with Crippen molar-refractivity contribution in [1.29, 1.82) is 0 Å². The van der Waals surface area contributed by atoms with Crippen molar-refractivity contribution in [3.63, 3.8) is 0 Å². The molecular formula is C11H12ClN3S. The van der Waals surface area contributed by atoms with E-state index < -0.39 is 0 Å². The lowest BCUT2D eigenvalue weighted by Crippen LogP contribution is -2.18. The van der Waals surface area contributed by atoms with E-state index in [-0.39, 0.29) is 6.04 Å². The number of halogens is 1. The van der Waals surface area contributed by atoms with Crippen LogP contribution in [-0.4, -0.2) is 9.59 Å². The van der Waals surface area contributed by atoms with Gasteiger partial charge in [0.2, 0.25) is 0 Å². The van der Waals surface area contributed by atoms with E-state index in [1.165, 1.54) is 17.1 Å². The average Bonchev–Trinajstić information content (AvgIpc) is 2.80. The van der Waals surface area contributed by atoms with E-state index in [1.807, 2.05) is 29.6 Å². The van der Waals surface area contributed by atoms with Crippen molar-refractivity contribution in [1.82, 2.24) is 14.9 Å². The van der Waals surface area contributed by atoms with E-state index in [2.05, 4.69) is 21.8 Å². The second-order valence-electron chi connectivity index (χ2n) is 3.55. The number of hydrogen-bond acceptors (Lipinski definition) is 4. The Labute approximate surface area is 104 Å².